The molecule has 0 aliphatic heterocycles. The predicted molar refractivity (Wildman–Crippen MR) is 160 cm³/mol. The van der Waals surface area contributed by atoms with Gasteiger partial charge in [0, 0.05) is 5.66 Å². The van der Waals surface area contributed by atoms with Crippen molar-refractivity contribution in [3.63, 3.8) is 0 Å². The Morgan fingerprint density at radius 1 is 0.653 bits per heavy atom. The van der Waals surface area contributed by atoms with E-state index in [2.05, 4.69) is 74.5 Å². The van der Waals surface area contributed by atoms with Crippen LogP contribution in [-0.4, -0.2) is 19.6 Å². The molecule has 4 aromatic carbocycles. The third-order valence-electron chi connectivity index (χ3n) is 7.25. The Hall–Kier alpha value is -2.38. The summed E-state index contributed by atoms with van der Waals surface area (Å²) in [5.41, 5.74) is 2.71. The Balaban J connectivity index is 0.000000412. The van der Waals surface area contributed by atoms with Gasteiger partial charge in [-0.25, -0.2) is 56.1 Å². The van der Waals surface area contributed by atoms with Crippen LogP contribution in [0, 0.1) is 70.3 Å². The Morgan fingerprint density at radius 2 is 1.10 bits per heavy atom. The quantitative estimate of drug-likeness (QED) is 0.0726. The molecule has 0 saturated heterocycles. The second-order valence-electron chi connectivity index (χ2n) is 9.82. The van der Waals surface area contributed by atoms with Crippen LogP contribution in [0.1, 0.15) is 37.1 Å². The fourth-order valence-corrected chi connectivity index (χ4v) is 7.37. The summed E-state index contributed by atoms with van der Waals surface area (Å²) in [6.07, 6.45) is 12.6. The van der Waals surface area contributed by atoms with Crippen molar-refractivity contribution in [1.82, 2.24) is 0 Å². The van der Waals surface area contributed by atoms with Crippen LogP contribution in [0.15, 0.2) is 60.7 Å². The molecule has 1 unspecified atom stereocenters. The smallest absolute Gasteiger partial charge is 1.00 e. The molecule has 49 heavy (non-hydrogen) atoms. The summed E-state index contributed by atoms with van der Waals surface area (Å²) in [6, 6.07) is 18.8. The summed E-state index contributed by atoms with van der Waals surface area (Å²) in [5, 5.41) is 0. The number of allylic oxidation sites excluding steroid dienone is 4. The van der Waals surface area contributed by atoms with Gasteiger partial charge in [-0.05, 0) is 28.8 Å². The van der Waals surface area contributed by atoms with Crippen molar-refractivity contribution in [2.24, 2.45) is 0 Å². The zero-order valence-corrected chi connectivity index (χ0v) is 30.4. The Morgan fingerprint density at radius 3 is 1.51 bits per heavy atom. The minimum Gasteiger partial charge on any atom is -1.00 e. The van der Waals surface area contributed by atoms with Gasteiger partial charge < -0.3 is 24.8 Å². The fraction of sp³-hybridized carbons (Fsp3) is 0.176. The molecule has 0 fully saturated rings. The van der Waals surface area contributed by atoms with Gasteiger partial charge in [-0.2, -0.15) is 30.3 Å². The molecule has 1 atom stereocenters. The van der Waals surface area contributed by atoms with E-state index in [-0.39, 0.29) is 66.2 Å². The zero-order valence-electron chi connectivity index (χ0n) is 25.5. The first-order valence-corrected chi connectivity index (χ1v) is 15.7. The summed E-state index contributed by atoms with van der Waals surface area (Å²) < 4.78 is 131. The van der Waals surface area contributed by atoms with Gasteiger partial charge in [0.05, 0.1) is 0 Å². The van der Waals surface area contributed by atoms with Crippen LogP contribution in [0.3, 0.4) is 0 Å². The molecule has 0 nitrogen and oxygen atoms in total. The van der Waals surface area contributed by atoms with Crippen molar-refractivity contribution in [3.05, 3.63) is 142 Å². The van der Waals surface area contributed by atoms with E-state index < -0.39 is 69.1 Å². The minimum atomic E-state index is -2.55. The van der Waals surface area contributed by atoms with E-state index in [0.29, 0.717) is 5.66 Å². The maximum absolute atomic E-state index is 13.4. The summed E-state index contributed by atoms with van der Waals surface area (Å²) in [4.78, 5) is 0. The van der Waals surface area contributed by atoms with Crippen LogP contribution < -0.4 is 35.7 Å². The van der Waals surface area contributed by atoms with Crippen molar-refractivity contribution < 1.29 is 94.9 Å². The molecule has 255 valence electrons. The number of fused-ring (bicyclic) bond motifs is 3. The molecule has 1 radical (unpaired) electrons. The van der Waals surface area contributed by atoms with Crippen LogP contribution in [0.5, 0.6) is 0 Å². The van der Waals surface area contributed by atoms with Crippen LogP contribution in [0.2, 0.25) is 0 Å². The summed E-state index contributed by atoms with van der Waals surface area (Å²) >= 11 is 0. The molecular formula is C34H23BCl2F10PZr. The second-order valence-corrected chi connectivity index (χ2v) is 12.8. The predicted octanol–water partition coefficient (Wildman–Crippen LogP) is 3.12. The standard InChI is InChI=1S/C17H18P.C12BF10.C5H5.2ClH.Zr/c1-3-18(4-2)17-15-11-7-5-9-13(15)14-10-6-8-12-16(14)17;14-3-1(4(15)8(19)11(22)7(3)18)13-2-5(16)9(20)12(23)10(21)6(2)17;1-2-4-5-3-1;;;/h5-11,17H,3-4H2,1-2H3;;1-3H,4H2;2*1H;/q-1;;-1;;;+4/p-2. The second kappa shape index (κ2) is 19.9. The summed E-state index contributed by atoms with van der Waals surface area (Å²) in [6.45, 7) is 4.66. The van der Waals surface area contributed by atoms with Crippen molar-refractivity contribution in [3.8, 4) is 11.1 Å². The van der Waals surface area contributed by atoms with Gasteiger partial charge in [0.15, 0.2) is 58.2 Å². The number of rotatable bonds is 5. The molecule has 0 bridgehead atoms. The van der Waals surface area contributed by atoms with E-state index in [4.69, 9.17) is 0 Å². The average molecular weight is 825 g/mol. The fourth-order valence-electron chi connectivity index (χ4n) is 5.00. The van der Waals surface area contributed by atoms with E-state index in [1.807, 2.05) is 12.2 Å². The van der Waals surface area contributed by atoms with E-state index in [9.17, 15) is 43.9 Å². The van der Waals surface area contributed by atoms with Gasteiger partial charge in [-0.3, -0.25) is 6.08 Å². The Kier molecular flexibility index (Phi) is 18.1. The first-order chi connectivity index (χ1) is 22.0. The third kappa shape index (κ3) is 9.30. The van der Waals surface area contributed by atoms with Crippen LogP contribution in [0.4, 0.5) is 43.9 Å². The molecular weight excluding hydrogens is 802 g/mol. The largest absolute Gasteiger partial charge is 4.00 e. The SMILES string of the molecule is CCP(CC)C1c2[c-]cccc2-c2ccccc21.Fc1c(F)c(F)c([B]c2c(F)c(F)c(F)c(F)c2F)c(F)c1F.[C-]1=CC=CC1.[Cl-].[Cl-].[Zr+4]. The normalized spacial score (nSPS) is 13.1. The Labute approximate surface area is 311 Å². The maximum atomic E-state index is 13.4. The number of benzene rings is 4. The molecule has 0 amide bonds. The molecule has 0 saturated carbocycles. The molecule has 6 rings (SSSR count). The van der Waals surface area contributed by atoms with E-state index in [1.165, 1.54) is 34.6 Å². The van der Waals surface area contributed by atoms with Crippen LogP contribution in [0.25, 0.3) is 11.1 Å². The molecule has 0 N–H and O–H groups in total. The number of hydrogen-bond donors (Lipinski definition) is 0. The van der Waals surface area contributed by atoms with Crippen molar-refractivity contribution in [2.75, 3.05) is 12.3 Å². The number of halogens is 12. The summed E-state index contributed by atoms with van der Waals surface area (Å²) in [7, 11) is -0.330. The molecule has 0 heterocycles. The van der Waals surface area contributed by atoms with E-state index in [1.54, 1.807) is 0 Å². The summed E-state index contributed by atoms with van der Waals surface area (Å²) in [5.74, 6) is -24.9. The molecule has 0 aromatic heterocycles. The molecule has 2 aliphatic carbocycles. The van der Waals surface area contributed by atoms with Gasteiger partial charge >= 0.3 is 26.2 Å². The monoisotopic (exact) mass is 823 g/mol. The third-order valence-corrected chi connectivity index (χ3v) is 10.1. The molecule has 2 aliphatic rings. The first kappa shape index (κ1) is 44.6. The molecule has 0 spiro atoms. The van der Waals surface area contributed by atoms with Gasteiger partial charge in [0.2, 0.25) is 7.28 Å². The topological polar surface area (TPSA) is 0 Å². The van der Waals surface area contributed by atoms with Crippen molar-refractivity contribution >= 4 is 26.1 Å². The van der Waals surface area contributed by atoms with Crippen molar-refractivity contribution in [2.45, 2.75) is 25.9 Å². The van der Waals surface area contributed by atoms with Crippen LogP contribution >= 0.6 is 7.92 Å². The average Bonchev–Trinajstić information content (AvgIpc) is 3.77. The molecule has 15 heteroatoms. The van der Waals surface area contributed by atoms with Crippen molar-refractivity contribution in [1.29, 1.82) is 0 Å². The first-order valence-electron chi connectivity index (χ1n) is 13.9. The number of hydrogen-bond acceptors (Lipinski definition) is 0. The van der Waals surface area contributed by atoms with Gasteiger partial charge in [0.1, 0.15) is 0 Å². The van der Waals surface area contributed by atoms with E-state index >= 15 is 0 Å². The van der Waals surface area contributed by atoms with Gasteiger partial charge in [-0.15, -0.1) is 17.5 Å². The Bertz CT molecular complexity index is 1640. The van der Waals surface area contributed by atoms with Crippen LogP contribution in [-0.2, 0) is 26.2 Å². The molecule has 4 aromatic rings. The minimum absolute atomic E-state index is 0. The van der Waals surface area contributed by atoms with Gasteiger partial charge in [0.25, 0.3) is 0 Å². The van der Waals surface area contributed by atoms with Gasteiger partial charge in [-0.1, -0.05) is 51.6 Å². The van der Waals surface area contributed by atoms with E-state index in [0.717, 1.165) is 6.42 Å². The maximum Gasteiger partial charge on any atom is 4.00 e. The zero-order chi connectivity index (χ0) is 33.7.